The molecule has 7 nitrogen and oxygen atoms in total. The van der Waals surface area contributed by atoms with Crippen LogP contribution in [0.4, 0.5) is 5.69 Å². The van der Waals surface area contributed by atoms with Gasteiger partial charge in [0.05, 0.1) is 12.0 Å². The van der Waals surface area contributed by atoms with Gasteiger partial charge in [0.25, 0.3) is 5.91 Å². The predicted octanol–water partition coefficient (Wildman–Crippen LogP) is 3.45. The standard InChI is InChI=1S/C19H15N5O2S/c1-12-10-15-16(23-24(22-15)13-6-3-2-4-7-13)11-14(12)20-19(27)21-18(25)17-8-5-9-26-17/h2-11H,1H3,(H2,20,21,25,27). The van der Waals surface area contributed by atoms with E-state index in [0.717, 1.165) is 22.5 Å². The Morgan fingerprint density at radius 2 is 1.81 bits per heavy atom. The molecular formula is C19H15N5O2S. The number of hydrogen-bond donors (Lipinski definition) is 2. The van der Waals surface area contributed by atoms with Crippen LogP contribution >= 0.6 is 12.2 Å². The van der Waals surface area contributed by atoms with E-state index in [4.69, 9.17) is 16.6 Å². The van der Waals surface area contributed by atoms with Gasteiger partial charge in [0, 0.05) is 5.69 Å². The fraction of sp³-hybridized carbons (Fsp3) is 0.0526. The lowest BCUT2D eigenvalue weighted by Gasteiger charge is -2.10. The Bertz CT molecular complexity index is 1120. The highest BCUT2D eigenvalue weighted by Gasteiger charge is 2.13. The Balaban J connectivity index is 1.56. The molecule has 0 spiro atoms. The van der Waals surface area contributed by atoms with E-state index >= 15 is 0 Å². The maximum Gasteiger partial charge on any atom is 0.293 e. The third-order valence-corrected chi connectivity index (χ3v) is 4.14. The zero-order chi connectivity index (χ0) is 18.8. The van der Waals surface area contributed by atoms with Gasteiger partial charge in [-0.05, 0) is 61.1 Å². The van der Waals surface area contributed by atoms with E-state index in [0.29, 0.717) is 5.52 Å². The number of thiocarbonyl (C=S) groups is 1. The topological polar surface area (TPSA) is 85.0 Å². The molecule has 0 radical (unpaired) electrons. The first-order chi connectivity index (χ1) is 13.1. The normalized spacial score (nSPS) is 10.7. The number of aryl methyl sites for hydroxylation is 1. The van der Waals surface area contributed by atoms with Crippen LogP contribution < -0.4 is 10.6 Å². The van der Waals surface area contributed by atoms with Gasteiger partial charge in [-0.2, -0.15) is 4.80 Å². The van der Waals surface area contributed by atoms with Crippen LogP contribution in [0.1, 0.15) is 16.1 Å². The molecule has 134 valence electrons. The number of nitrogens with one attached hydrogen (secondary N) is 2. The lowest BCUT2D eigenvalue weighted by atomic mass is 10.2. The number of hydrogen-bond acceptors (Lipinski definition) is 5. The number of furan rings is 1. The van der Waals surface area contributed by atoms with Crippen LogP contribution in [-0.2, 0) is 0 Å². The summed E-state index contributed by atoms with van der Waals surface area (Å²) < 4.78 is 5.05. The maximum absolute atomic E-state index is 12.0. The number of amides is 1. The summed E-state index contributed by atoms with van der Waals surface area (Å²) in [6, 6.07) is 16.6. The Labute approximate surface area is 160 Å². The maximum atomic E-state index is 12.0. The van der Waals surface area contributed by atoms with Crippen LogP contribution in [0, 0.1) is 6.92 Å². The molecule has 0 unspecified atom stereocenters. The van der Waals surface area contributed by atoms with E-state index in [-0.39, 0.29) is 10.9 Å². The summed E-state index contributed by atoms with van der Waals surface area (Å²) in [6.45, 7) is 1.93. The summed E-state index contributed by atoms with van der Waals surface area (Å²) in [4.78, 5) is 13.6. The van der Waals surface area contributed by atoms with Crippen molar-refractivity contribution in [3.63, 3.8) is 0 Å². The van der Waals surface area contributed by atoms with Gasteiger partial charge in [-0.25, -0.2) is 0 Å². The molecule has 2 aromatic carbocycles. The molecule has 0 atom stereocenters. The SMILES string of the molecule is Cc1cc2nn(-c3ccccc3)nc2cc1NC(=S)NC(=O)c1ccco1. The predicted molar refractivity (Wildman–Crippen MR) is 106 cm³/mol. The first-order valence-corrected chi connectivity index (χ1v) is 8.60. The fourth-order valence-electron chi connectivity index (χ4n) is 2.61. The molecule has 2 heterocycles. The molecule has 4 aromatic rings. The van der Waals surface area contributed by atoms with Crippen molar-refractivity contribution in [3.8, 4) is 5.69 Å². The molecule has 0 fully saturated rings. The number of rotatable bonds is 3. The molecule has 27 heavy (non-hydrogen) atoms. The van der Waals surface area contributed by atoms with Gasteiger partial charge in [0.2, 0.25) is 0 Å². The van der Waals surface area contributed by atoms with Crippen molar-refractivity contribution >= 4 is 40.0 Å². The second-order valence-corrected chi connectivity index (χ2v) is 6.27. The third kappa shape index (κ3) is 3.56. The third-order valence-electron chi connectivity index (χ3n) is 3.93. The van der Waals surface area contributed by atoms with E-state index in [2.05, 4.69) is 20.8 Å². The summed E-state index contributed by atoms with van der Waals surface area (Å²) in [6.07, 6.45) is 1.43. The number of nitrogens with zero attached hydrogens (tertiary/aromatic N) is 3. The monoisotopic (exact) mass is 377 g/mol. The number of aromatic nitrogens is 3. The summed E-state index contributed by atoms with van der Waals surface area (Å²) in [5, 5.41) is 14.8. The van der Waals surface area contributed by atoms with Gasteiger partial charge in [-0.1, -0.05) is 18.2 Å². The van der Waals surface area contributed by atoms with Crippen molar-refractivity contribution in [1.29, 1.82) is 0 Å². The van der Waals surface area contributed by atoms with Crippen LogP contribution in [0.2, 0.25) is 0 Å². The highest BCUT2D eigenvalue weighted by molar-refractivity contribution is 7.80. The lowest BCUT2D eigenvalue weighted by Crippen LogP contribution is -2.34. The zero-order valence-electron chi connectivity index (χ0n) is 14.3. The Morgan fingerprint density at radius 1 is 1.07 bits per heavy atom. The van der Waals surface area contributed by atoms with Crippen LogP contribution in [-0.4, -0.2) is 26.0 Å². The van der Waals surface area contributed by atoms with Crippen molar-refractivity contribution in [1.82, 2.24) is 20.3 Å². The van der Waals surface area contributed by atoms with E-state index in [9.17, 15) is 4.79 Å². The molecule has 0 aliphatic heterocycles. The number of para-hydroxylation sites is 1. The van der Waals surface area contributed by atoms with Crippen LogP contribution in [0.25, 0.3) is 16.7 Å². The zero-order valence-corrected chi connectivity index (χ0v) is 15.2. The quantitative estimate of drug-likeness (QED) is 0.532. The van der Waals surface area contributed by atoms with Gasteiger partial charge >= 0.3 is 0 Å². The average Bonchev–Trinajstić information content (AvgIpc) is 3.32. The van der Waals surface area contributed by atoms with Crippen molar-refractivity contribution in [2.24, 2.45) is 0 Å². The number of fused-ring (bicyclic) bond motifs is 1. The highest BCUT2D eigenvalue weighted by Crippen LogP contribution is 2.22. The minimum atomic E-state index is -0.411. The second-order valence-electron chi connectivity index (χ2n) is 5.87. The summed E-state index contributed by atoms with van der Waals surface area (Å²) >= 11 is 5.22. The molecule has 2 N–H and O–H groups in total. The molecule has 0 saturated heterocycles. The average molecular weight is 377 g/mol. The molecule has 0 bridgehead atoms. The summed E-state index contributed by atoms with van der Waals surface area (Å²) in [7, 11) is 0. The molecule has 0 aliphatic carbocycles. The van der Waals surface area contributed by atoms with Crippen molar-refractivity contribution in [2.45, 2.75) is 6.92 Å². The van der Waals surface area contributed by atoms with Crippen molar-refractivity contribution < 1.29 is 9.21 Å². The Morgan fingerprint density at radius 3 is 2.52 bits per heavy atom. The van der Waals surface area contributed by atoms with E-state index in [1.165, 1.54) is 6.26 Å². The van der Waals surface area contributed by atoms with Gasteiger partial charge in [-0.15, -0.1) is 10.2 Å². The minimum absolute atomic E-state index is 0.175. The smallest absolute Gasteiger partial charge is 0.293 e. The molecule has 8 heteroatoms. The lowest BCUT2D eigenvalue weighted by molar-refractivity contribution is 0.0950. The minimum Gasteiger partial charge on any atom is -0.459 e. The van der Waals surface area contributed by atoms with Gasteiger partial charge in [0.15, 0.2) is 10.9 Å². The molecule has 2 aromatic heterocycles. The van der Waals surface area contributed by atoms with E-state index < -0.39 is 5.91 Å². The van der Waals surface area contributed by atoms with Crippen LogP contribution in [0.5, 0.6) is 0 Å². The van der Waals surface area contributed by atoms with Crippen LogP contribution in [0.3, 0.4) is 0 Å². The number of anilines is 1. The largest absolute Gasteiger partial charge is 0.459 e. The van der Waals surface area contributed by atoms with Gasteiger partial charge in [0.1, 0.15) is 11.0 Å². The summed E-state index contributed by atoms with van der Waals surface area (Å²) in [5.41, 5.74) is 4.03. The fourth-order valence-corrected chi connectivity index (χ4v) is 2.81. The van der Waals surface area contributed by atoms with Crippen LogP contribution in [0.15, 0.2) is 65.3 Å². The van der Waals surface area contributed by atoms with Crippen molar-refractivity contribution in [3.05, 3.63) is 72.2 Å². The first-order valence-electron chi connectivity index (χ1n) is 8.19. The Kier molecular flexibility index (Phi) is 4.39. The molecular weight excluding hydrogens is 362 g/mol. The molecule has 1 amide bonds. The number of carbonyl (C=O) groups excluding carboxylic acids is 1. The number of carbonyl (C=O) groups is 1. The molecule has 4 rings (SSSR count). The second kappa shape index (κ2) is 7.00. The highest BCUT2D eigenvalue weighted by atomic mass is 32.1. The Hall–Kier alpha value is -3.52. The van der Waals surface area contributed by atoms with Gasteiger partial charge < -0.3 is 9.73 Å². The number of benzene rings is 2. The molecule has 0 aliphatic rings. The molecule has 0 saturated carbocycles. The first kappa shape index (κ1) is 16.9. The summed E-state index contributed by atoms with van der Waals surface area (Å²) in [5.74, 6) is -0.219. The van der Waals surface area contributed by atoms with E-state index in [1.54, 1.807) is 16.9 Å². The van der Waals surface area contributed by atoms with Crippen molar-refractivity contribution in [2.75, 3.05) is 5.32 Å². The van der Waals surface area contributed by atoms with E-state index in [1.807, 2.05) is 49.4 Å². The van der Waals surface area contributed by atoms with Gasteiger partial charge in [-0.3, -0.25) is 10.1 Å².